The monoisotopic (exact) mass is 691 g/mol. The maximum atomic E-state index is 7.57. The number of hydrogen-bond donors (Lipinski definition) is 0. The fourth-order valence-electron chi connectivity index (χ4n) is 7.66. The molecule has 0 N–H and O–H groups in total. The van der Waals surface area contributed by atoms with Gasteiger partial charge < -0.3 is 8.39 Å². The van der Waals surface area contributed by atoms with Crippen LogP contribution >= 0.6 is 8.16 Å². The molecular formula is C48H38NO2P. The van der Waals surface area contributed by atoms with E-state index in [4.69, 9.17) is 8.39 Å². The Hall–Kier alpha value is -5.86. The first kappa shape index (κ1) is 32.1. The summed E-state index contributed by atoms with van der Waals surface area (Å²) in [4.78, 5) is 0. The van der Waals surface area contributed by atoms with Gasteiger partial charge in [0.25, 0.3) is 0 Å². The molecule has 52 heavy (non-hydrogen) atoms. The first-order valence-electron chi connectivity index (χ1n) is 17.9. The van der Waals surface area contributed by atoms with E-state index in [1.165, 1.54) is 11.1 Å². The lowest BCUT2D eigenvalue weighted by atomic mass is 9.90. The fourth-order valence-corrected chi connectivity index (χ4v) is 9.41. The zero-order chi connectivity index (χ0) is 35.0. The molecule has 0 saturated heterocycles. The normalized spacial score (nSPS) is 12.8. The van der Waals surface area contributed by atoms with Gasteiger partial charge in [-0.2, -0.15) is 4.67 Å². The number of hydrogen-bond acceptors (Lipinski definition) is 3. The van der Waals surface area contributed by atoms with Crippen LogP contribution in [0.5, 0.6) is 0 Å². The molecule has 9 aromatic rings. The van der Waals surface area contributed by atoms with Crippen molar-refractivity contribution in [2.75, 3.05) is 4.67 Å². The van der Waals surface area contributed by atoms with Gasteiger partial charge in [0.15, 0.2) is 11.2 Å². The van der Waals surface area contributed by atoms with E-state index < -0.39 is 8.16 Å². The molecule has 1 heterocycles. The summed E-state index contributed by atoms with van der Waals surface area (Å²) in [7, 11) is -1.74. The van der Waals surface area contributed by atoms with Gasteiger partial charge in [0.1, 0.15) is 0 Å². The lowest BCUT2D eigenvalue weighted by Crippen LogP contribution is -2.27. The number of benzene rings is 8. The van der Waals surface area contributed by atoms with E-state index in [0.717, 1.165) is 65.7 Å². The molecule has 0 saturated carbocycles. The van der Waals surface area contributed by atoms with Gasteiger partial charge in [0, 0.05) is 33.6 Å². The second kappa shape index (κ2) is 13.7. The number of rotatable bonds is 7. The second-order valence-electron chi connectivity index (χ2n) is 13.4. The summed E-state index contributed by atoms with van der Waals surface area (Å²) >= 11 is 0. The molecule has 0 aliphatic rings. The first-order chi connectivity index (χ1) is 25.7. The highest BCUT2D eigenvalue weighted by atomic mass is 31.1. The predicted molar refractivity (Wildman–Crippen MR) is 220 cm³/mol. The minimum absolute atomic E-state index is 0.0281. The van der Waals surface area contributed by atoms with Crippen LogP contribution < -0.4 is 4.67 Å². The lowest BCUT2D eigenvalue weighted by Gasteiger charge is -2.31. The Morgan fingerprint density at radius 2 is 0.769 bits per heavy atom. The molecule has 252 valence electrons. The van der Waals surface area contributed by atoms with E-state index in [-0.39, 0.29) is 12.1 Å². The SMILES string of the molecule is C[C@@H](c1ccccc1)N([C@@H](C)c1ccccc1)p1oc2c3ccccc3cc(-c3ccccc3)c2c2c(-c3ccccc3)cc3ccccc3c2o1. The minimum atomic E-state index is -1.74. The third kappa shape index (κ3) is 5.69. The summed E-state index contributed by atoms with van der Waals surface area (Å²) in [6, 6.07) is 64.6. The van der Waals surface area contributed by atoms with Crippen LogP contribution in [0.25, 0.3) is 65.7 Å². The van der Waals surface area contributed by atoms with E-state index in [2.05, 4.69) is 201 Å². The van der Waals surface area contributed by atoms with Crippen molar-refractivity contribution >= 4 is 51.6 Å². The fraction of sp³-hybridized carbons (Fsp3) is 0.0833. The van der Waals surface area contributed by atoms with Gasteiger partial charge in [0.2, 0.25) is 0 Å². The van der Waals surface area contributed by atoms with Crippen LogP contribution in [0.3, 0.4) is 0 Å². The van der Waals surface area contributed by atoms with Crippen LogP contribution in [0, 0.1) is 0 Å². The molecule has 4 heteroatoms. The third-order valence-corrected chi connectivity index (χ3v) is 12.1. The van der Waals surface area contributed by atoms with Crippen LogP contribution in [0.1, 0.15) is 37.1 Å². The Labute approximate surface area is 305 Å². The van der Waals surface area contributed by atoms with Gasteiger partial charge in [0.05, 0.1) is 0 Å². The number of nitrogens with zero attached hydrogens (tertiary/aromatic N) is 1. The van der Waals surface area contributed by atoms with Gasteiger partial charge in [-0.15, -0.1) is 0 Å². The van der Waals surface area contributed by atoms with E-state index in [1.807, 2.05) is 0 Å². The highest BCUT2D eigenvalue weighted by Crippen LogP contribution is 2.51. The molecule has 0 aliphatic carbocycles. The van der Waals surface area contributed by atoms with Crippen LogP contribution in [-0.4, -0.2) is 0 Å². The molecule has 3 nitrogen and oxygen atoms in total. The summed E-state index contributed by atoms with van der Waals surface area (Å²) in [6.45, 7) is 4.54. The number of fused-ring (bicyclic) bond motifs is 7. The van der Waals surface area contributed by atoms with E-state index >= 15 is 0 Å². The quantitative estimate of drug-likeness (QED) is 0.167. The van der Waals surface area contributed by atoms with Gasteiger partial charge in [-0.3, -0.25) is 0 Å². The summed E-state index contributed by atoms with van der Waals surface area (Å²) < 4.78 is 17.6. The van der Waals surface area contributed by atoms with Gasteiger partial charge in [-0.05, 0) is 70.1 Å². The molecule has 8 aromatic carbocycles. The average Bonchev–Trinajstić information content (AvgIpc) is 3.39. The Balaban J connectivity index is 1.52. The molecule has 0 spiro atoms. The molecule has 2 atom stereocenters. The Bertz CT molecular complexity index is 2520. The van der Waals surface area contributed by atoms with E-state index in [0.29, 0.717) is 0 Å². The van der Waals surface area contributed by atoms with Crippen molar-refractivity contribution < 1.29 is 8.39 Å². The molecule has 1 aromatic heterocycles. The Kier molecular flexibility index (Phi) is 8.45. The van der Waals surface area contributed by atoms with Gasteiger partial charge >= 0.3 is 8.16 Å². The van der Waals surface area contributed by atoms with Crippen molar-refractivity contribution in [1.82, 2.24) is 0 Å². The van der Waals surface area contributed by atoms with E-state index in [1.54, 1.807) is 0 Å². The zero-order valence-electron chi connectivity index (χ0n) is 29.2. The highest BCUT2D eigenvalue weighted by Gasteiger charge is 2.30. The Morgan fingerprint density at radius 1 is 0.423 bits per heavy atom. The van der Waals surface area contributed by atoms with Crippen molar-refractivity contribution in [3.05, 3.63) is 193 Å². The smallest absolute Gasteiger partial charge is 0.310 e. The van der Waals surface area contributed by atoms with Gasteiger partial charge in [-0.1, -0.05) is 170 Å². The zero-order valence-corrected chi connectivity index (χ0v) is 30.1. The molecule has 0 bridgehead atoms. The highest BCUT2D eigenvalue weighted by molar-refractivity contribution is 7.39. The lowest BCUT2D eigenvalue weighted by molar-refractivity contribution is 0.560. The molecule has 0 radical (unpaired) electrons. The third-order valence-electron chi connectivity index (χ3n) is 10.3. The predicted octanol–water partition coefficient (Wildman–Crippen LogP) is 14.4. The van der Waals surface area contributed by atoms with Crippen LogP contribution in [0.4, 0.5) is 0 Å². The van der Waals surface area contributed by atoms with Crippen molar-refractivity contribution in [2.24, 2.45) is 0 Å². The molecule has 0 unspecified atom stereocenters. The molecule has 0 fully saturated rings. The second-order valence-corrected chi connectivity index (χ2v) is 14.7. The first-order valence-corrected chi connectivity index (χ1v) is 19.1. The molecule has 0 aliphatic heterocycles. The van der Waals surface area contributed by atoms with Crippen molar-refractivity contribution in [2.45, 2.75) is 25.9 Å². The molecule has 0 amide bonds. The molecular weight excluding hydrogens is 654 g/mol. The van der Waals surface area contributed by atoms with Crippen molar-refractivity contribution in [3.8, 4) is 22.3 Å². The topological polar surface area (TPSA) is 29.5 Å². The maximum absolute atomic E-state index is 7.57. The molecule has 9 rings (SSSR count). The van der Waals surface area contributed by atoms with Crippen LogP contribution in [0.2, 0.25) is 0 Å². The summed E-state index contributed by atoms with van der Waals surface area (Å²) in [6.07, 6.45) is 0. The standard InChI is InChI=1S/C48H38NO2P/c1-33(35-19-7-3-8-20-35)49(34(2)36-21-9-4-10-22-36)52-50-47-41-29-17-15-27-39(41)31-43(37-23-11-5-12-24-37)45(47)46-44(38-25-13-6-14-26-38)32-40-28-16-18-30-42(40)48(46)51-52/h3-34H,1-2H3/t33-,34-/m0/s1. The van der Waals surface area contributed by atoms with Crippen LogP contribution in [-0.2, 0) is 0 Å². The summed E-state index contributed by atoms with van der Waals surface area (Å²) in [5, 5.41) is 6.47. The minimum Gasteiger partial charge on any atom is -0.407 e. The Morgan fingerprint density at radius 3 is 1.17 bits per heavy atom. The van der Waals surface area contributed by atoms with Gasteiger partial charge in [-0.25, -0.2) is 0 Å². The van der Waals surface area contributed by atoms with Crippen LogP contribution in [0.15, 0.2) is 190 Å². The largest absolute Gasteiger partial charge is 0.407 e. The summed E-state index contributed by atoms with van der Waals surface area (Å²) in [5.74, 6) is 0. The summed E-state index contributed by atoms with van der Waals surface area (Å²) in [5.41, 5.74) is 8.59. The maximum Gasteiger partial charge on any atom is 0.310 e. The average molecular weight is 692 g/mol. The van der Waals surface area contributed by atoms with E-state index in [9.17, 15) is 0 Å². The van der Waals surface area contributed by atoms with Crippen molar-refractivity contribution in [3.63, 3.8) is 0 Å². The van der Waals surface area contributed by atoms with Crippen molar-refractivity contribution in [1.29, 1.82) is 0 Å².